The molecule has 7 nitrogen and oxygen atoms in total. The molecular formula is C31H33N3O4. The second kappa shape index (κ2) is 10.6. The molecule has 5 rings (SSSR count). The third-order valence-electron chi connectivity index (χ3n) is 7.04. The number of aromatic amines is 1. The summed E-state index contributed by atoms with van der Waals surface area (Å²) in [5, 5.41) is 18.5. The van der Waals surface area contributed by atoms with E-state index in [4.69, 9.17) is 9.47 Å². The van der Waals surface area contributed by atoms with Crippen molar-refractivity contribution in [3.8, 4) is 28.5 Å². The summed E-state index contributed by atoms with van der Waals surface area (Å²) in [6, 6.07) is 19.1. The Hall–Kier alpha value is -4.26. The normalized spacial score (nSPS) is 14.6. The molecule has 1 atom stereocenters. The van der Waals surface area contributed by atoms with Gasteiger partial charge in [-0.05, 0) is 72.9 Å². The number of benzene rings is 3. The van der Waals surface area contributed by atoms with Crippen LogP contribution in [-0.4, -0.2) is 39.8 Å². The number of rotatable bonds is 9. The Morgan fingerprint density at radius 2 is 1.74 bits per heavy atom. The number of methoxy groups -OCH3 is 1. The molecule has 0 fully saturated rings. The van der Waals surface area contributed by atoms with Crippen LogP contribution in [0.1, 0.15) is 64.1 Å². The highest BCUT2D eigenvalue weighted by Crippen LogP contribution is 2.46. The average molecular weight is 512 g/mol. The van der Waals surface area contributed by atoms with Gasteiger partial charge in [0.2, 0.25) is 0 Å². The van der Waals surface area contributed by atoms with Gasteiger partial charge in [0.25, 0.3) is 5.91 Å². The number of ether oxygens (including phenoxy) is 2. The zero-order valence-corrected chi connectivity index (χ0v) is 22.2. The van der Waals surface area contributed by atoms with E-state index >= 15 is 0 Å². The number of carbonyl (C=O) groups is 1. The van der Waals surface area contributed by atoms with E-state index < -0.39 is 6.04 Å². The van der Waals surface area contributed by atoms with E-state index in [9.17, 15) is 9.90 Å². The minimum atomic E-state index is -0.390. The molecule has 0 saturated carbocycles. The Morgan fingerprint density at radius 3 is 2.42 bits per heavy atom. The van der Waals surface area contributed by atoms with Gasteiger partial charge in [-0.2, -0.15) is 5.10 Å². The number of phenolic OH excluding ortho intramolecular Hbond substituents is 1. The molecule has 4 aromatic rings. The van der Waals surface area contributed by atoms with Gasteiger partial charge >= 0.3 is 0 Å². The lowest BCUT2D eigenvalue weighted by Crippen LogP contribution is -2.29. The van der Waals surface area contributed by atoms with Crippen molar-refractivity contribution < 1.29 is 19.4 Å². The second-order valence-corrected chi connectivity index (χ2v) is 9.79. The number of nitrogens with one attached hydrogen (secondary N) is 1. The lowest BCUT2D eigenvalue weighted by atomic mass is 9.94. The molecule has 1 amide bonds. The molecular weight excluding hydrogens is 478 g/mol. The second-order valence-electron chi connectivity index (χ2n) is 9.79. The number of aryl methyl sites for hydroxylation is 2. The Kier molecular flexibility index (Phi) is 7.09. The number of carbonyl (C=O) groups excluding carboxylic acids is 1. The first-order chi connectivity index (χ1) is 18.4. The zero-order chi connectivity index (χ0) is 26.8. The summed E-state index contributed by atoms with van der Waals surface area (Å²) in [5.41, 5.74) is 6.12. The third kappa shape index (κ3) is 4.72. The number of hydrogen-bond acceptors (Lipinski definition) is 5. The summed E-state index contributed by atoms with van der Waals surface area (Å²) in [4.78, 5) is 15.6. The summed E-state index contributed by atoms with van der Waals surface area (Å²) in [5.74, 6) is 1.60. The lowest BCUT2D eigenvalue weighted by Gasteiger charge is -2.27. The van der Waals surface area contributed by atoms with Crippen molar-refractivity contribution in [3.63, 3.8) is 0 Å². The van der Waals surface area contributed by atoms with E-state index in [1.807, 2.05) is 79.4 Å². The van der Waals surface area contributed by atoms with Crippen LogP contribution in [0.15, 0.2) is 60.7 Å². The molecule has 1 aliphatic heterocycles. The fourth-order valence-electron chi connectivity index (χ4n) is 5.06. The Bertz CT molecular complexity index is 1440. The highest BCUT2D eigenvalue weighted by atomic mass is 16.5. The molecule has 1 unspecified atom stereocenters. The van der Waals surface area contributed by atoms with Crippen molar-refractivity contribution in [2.24, 2.45) is 0 Å². The molecule has 2 N–H and O–H groups in total. The van der Waals surface area contributed by atoms with E-state index in [0.29, 0.717) is 30.1 Å². The molecule has 1 aromatic heterocycles. The fraction of sp³-hybridized carbons (Fsp3) is 0.290. The number of unbranched alkanes of at least 4 members (excludes halogenated alkanes) is 1. The maximum atomic E-state index is 13.8. The fourth-order valence-corrected chi connectivity index (χ4v) is 5.06. The van der Waals surface area contributed by atoms with Crippen LogP contribution in [0.2, 0.25) is 0 Å². The Labute approximate surface area is 223 Å². The van der Waals surface area contributed by atoms with Gasteiger partial charge in [-0.15, -0.1) is 0 Å². The number of phenols is 1. The van der Waals surface area contributed by atoms with Crippen LogP contribution < -0.4 is 9.47 Å². The van der Waals surface area contributed by atoms with Gasteiger partial charge in [-0.1, -0.05) is 43.7 Å². The van der Waals surface area contributed by atoms with Crippen LogP contribution in [0.25, 0.3) is 11.3 Å². The van der Waals surface area contributed by atoms with E-state index in [1.54, 1.807) is 7.11 Å². The van der Waals surface area contributed by atoms with Gasteiger partial charge < -0.3 is 19.5 Å². The van der Waals surface area contributed by atoms with Gasteiger partial charge in [-0.25, -0.2) is 0 Å². The Balaban J connectivity index is 1.58. The summed E-state index contributed by atoms with van der Waals surface area (Å²) >= 11 is 0. The van der Waals surface area contributed by atoms with Crippen molar-refractivity contribution in [1.82, 2.24) is 15.1 Å². The van der Waals surface area contributed by atoms with Crippen LogP contribution in [0.5, 0.6) is 17.2 Å². The molecule has 7 heteroatoms. The number of aromatic hydroxyl groups is 1. The largest absolute Gasteiger partial charge is 0.507 e. The first kappa shape index (κ1) is 25.4. The van der Waals surface area contributed by atoms with Crippen LogP contribution >= 0.6 is 0 Å². The number of nitrogens with zero attached hydrogens (tertiary/aromatic N) is 2. The minimum Gasteiger partial charge on any atom is -0.507 e. The summed E-state index contributed by atoms with van der Waals surface area (Å²) in [6.07, 6.45) is 2.07. The van der Waals surface area contributed by atoms with E-state index in [-0.39, 0.29) is 11.7 Å². The highest BCUT2D eigenvalue weighted by molar-refractivity contribution is 6.00. The molecule has 196 valence electrons. The van der Waals surface area contributed by atoms with E-state index in [1.165, 1.54) is 0 Å². The van der Waals surface area contributed by atoms with Crippen LogP contribution in [0.4, 0.5) is 0 Å². The molecule has 0 saturated heterocycles. The highest BCUT2D eigenvalue weighted by Gasteiger charge is 2.42. The van der Waals surface area contributed by atoms with Crippen molar-refractivity contribution >= 4 is 5.91 Å². The Morgan fingerprint density at radius 1 is 1.03 bits per heavy atom. The van der Waals surface area contributed by atoms with Crippen molar-refractivity contribution in [2.75, 3.05) is 13.7 Å². The average Bonchev–Trinajstić information content (AvgIpc) is 3.46. The topological polar surface area (TPSA) is 87.7 Å². The van der Waals surface area contributed by atoms with Crippen LogP contribution in [0.3, 0.4) is 0 Å². The summed E-state index contributed by atoms with van der Waals surface area (Å²) < 4.78 is 11.2. The lowest BCUT2D eigenvalue weighted by molar-refractivity contribution is 0.0730. The number of H-pyrrole nitrogens is 1. The van der Waals surface area contributed by atoms with Gasteiger partial charge in [0.05, 0.1) is 19.8 Å². The molecule has 0 bridgehead atoms. The van der Waals surface area contributed by atoms with Gasteiger partial charge in [0, 0.05) is 17.7 Å². The molecule has 0 radical (unpaired) electrons. The van der Waals surface area contributed by atoms with Crippen LogP contribution in [0, 0.1) is 13.8 Å². The molecule has 0 aliphatic carbocycles. The van der Waals surface area contributed by atoms with Crippen LogP contribution in [-0.2, 0) is 6.54 Å². The molecule has 38 heavy (non-hydrogen) atoms. The smallest absolute Gasteiger partial charge is 0.273 e. The van der Waals surface area contributed by atoms with Gasteiger partial charge in [0.1, 0.15) is 28.6 Å². The van der Waals surface area contributed by atoms with E-state index in [2.05, 4.69) is 17.1 Å². The number of amides is 1. The van der Waals surface area contributed by atoms with Crippen molar-refractivity contribution in [3.05, 3.63) is 94.2 Å². The SMILES string of the molecule is CCCCOc1ccc(C2c3c(-c4cc(C)cc(C)c4O)n[nH]c3C(=O)N2Cc2ccc(OC)cc2)cc1. The first-order valence-corrected chi connectivity index (χ1v) is 13.0. The molecule has 3 aromatic carbocycles. The minimum absolute atomic E-state index is 0.133. The zero-order valence-electron chi connectivity index (χ0n) is 22.2. The number of aromatic nitrogens is 2. The number of fused-ring (bicyclic) bond motifs is 1. The molecule has 1 aliphatic rings. The number of hydrogen-bond donors (Lipinski definition) is 2. The van der Waals surface area contributed by atoms with E-state index in [0.717, 1.165) is 52.2 Å². The standard InChI is InChI=1S/C31H33N3O4/c1-5-6-15-38-24-13-9-22(10-14-24)29-26-27(25-17-19(2)16-20(3)30(25)35)32-33-28(26)31(36)34(29)18-21-7-11-23(37-4)12-8-21/h7-14,16-17,29,35H,5-6,15,18H2,1-4H3,(H,32,33). The quantitative estimate of drug-likeness (QED) is 0.256. The third-order valence-corrected chi connectivity index (χ3v) is 7.04. The monoisotopic (exact) mass is 511 g/mol. The van der Waals surface area contributed by atoms with Gasteiger partial charge in [-0.3, -0.25) is 9.89 Å². The first-order valence-electron chi connectivity index (χ1n) is 13.0. The predicted molar refractivity (Wildman–Crippen MR) is 147 cm³/mol. The summed E-state index contributed by atoms with van der Waals surface area (Å²) in [7, 11) is 1.63. The summed E-state index contributed by atoms with van der Waals surface area (Å²) in [6.45, 7) is 7.06. The van der Waals surface area contributed by atoms with Gasteiger partial charge in [0.15, 0.2) is 0 Å². The van der Waals surface area contributed by atoms with Crippen molar-refractivity contribution in [1.29, 1.82) is 0 Å². The van der Waals surface area contributed by atoms with Crippen molar-refractivity contribution in [2.45, 2.75) is 46.2 Å². The predicted octanol–water partition coefficient (Wildman–Crippen LogP) is 6.33. The molecule has 0 spiro atoms. The molecule has 2 heterocycles. The maximum absolute atomic E-state index is 13.8. The maximum Gasteiger partial charge on any atom is 0.273 e.